The molecule has 15 heavy (non-hydrogen) atoms. The van der Waals surface area contributed by atoms with E-state index in [9.17, 15) is 0 Å². The number of hydrogen-bond donors (Lipinski definition) is 1. The molecule has 0 atom stereocenters. The highest BCUT2D eigenvalue weighted by molar-refractivity contribution is 5.50. The fraction of sp³-hybridized carbons (Fsp3) is 0.300. The summed E-state index contributed by atoms with van der Waals surface area (Å²) in [5.74, 6) is 1.02. The molecular formula is C10H13N5. The minimum atomic E-state index is 0.398. The van der Waals surface area contributed by atoms with Crippen molar-refractivity contribution >= 4 is 5.69 Å². The highest BCUT2D eigenvalue weighted by Crippen LogP contribution is 2.15. The highest BCUT2D eigenvalue weighted by atomic mass is 15.3. The van der Waals surface area contributed by atoms with Crippen LogP contribution in [0.5, 0.6) is 0 Å². The Labute approximate surface area is 88.0 Å². The van der Waals surface area contributed by atoms with Crippen LogP contribution >= 0.6 is 0 Å². The van der Waals surface area contributed by atoms with E-state index in [4.69, 9.17) is 5.73 Å². The molecule has 2 N–H and O–H groups in total. The second kappa shape index (κ2) is 3.68. The van der Waals surface area contributed by atoms with Crippen LogP contribution < -0.4 is 5.73 Å². The molecule has 0 spiro atoms. The molecule has 0 radical (unpaired) electrons. The Kier molecular flexibility index (Phi) is 2.37. The SMILES string of the molecule is CC(C)c1ccn(-c2ncncc2N)n1. The predicted octanol–water partition coefficient (Wildman–Crippen LogP) is 1.37. The average Bonchev–Trinajstić information content (AvgIpc) is 2.67. The molecule has 0 saturated heterocycles. The van der Waals surface area contributed by atoms with Crippen molar-refractivity contribution in [1.82, 2.24) is 19.7 Å². The van der Waals surface area contributed by atoms with Gasteiger partial charge in [0.25, 0.3) is 0 Å². The second-order valence-electron chi connectivity index (χ2n) is 3.64. The Morgan fingerprint density at radius 2 is 2.20 bits per heavy atom. The molecule has 2 aromatic heterocycles. The molecule has 0 saturated carbocycles. The Balaban J connectivity index is 2.42. The Hall–Kier alpha value is -1.91. The maximum Gasteiger partial charge on any atom is 0.179 e. The fourth-order valence-corrected chi connectivity index (χ4v) is 1.29. The largest absolute Gasteiger partial charge is 0.394 e. The number of rotatable bonds is 2. The van der Waals surface area contributed by atoms with Crippen molar-refractivity contribution in [3.63, 3.8) is 0 Å². The lowest BCUT2D eigenvalue weighted by atomic mass is 10.1. The standard InChI is InChI=1S/C10H13N5/c1-7(2)9-3-4-15(14-9)10-8(11)5-12-6-13-10/h3-7H,11H2,1-2H3. The first-order valence-electron chi connectivity index (χ1n) is 4.80. The van der Waals surface area contributed by atoms with E-state index in [1.165, 1.54) is 6.33 Å². The molecule has 2 aromatic rings. The quantitative estimate of drug-likeness (QED) is 0.800. The van der Waals surface area contributed by atoms with Gasteiger partial charge in [-0.3, -0.25) is 0 Å². The van der Waals surface area contributed by atoms with Crippen LogP contribution in [0.2, 0.25) is 0 Å². The monoisotopic (exact) mass is 203 g/mol. The van der Waals surface area contributed by atoms with Crippen LogP contribution in [0, 0.1) is 0 Å². The van der Waals surface area contributed by atoms with Crippen LogP contribution in [0.15, 0.2) is 24.8 Å². The Morgan fingerprint density at radius 1 is 1.40 bits per heavy atom. The smallest absolute Gasteiger partial charge is 0.179 e. The molecule has 0 aliphatic carbocycles. The Bertz CT molecular complexity index is 460. The van der Waals surface area contributed by atoms with Gasteiger partial charge in [-0.25, -0.2) is 14.6 Å². The van der Waals surface area contributed by atoms with Gasteiger partial charge in [0, 0.05) is 6.20 Å². The number of nitrogens with zero attached hydrogens (tertiary/aromatic N) is 4. The maximum atomic E-state index is 5.75. The fourth-order valence-electron chi connectivity index (χ4n) is 1.29. The van der Waals surface area contributed by atoms with Crippen molar-refractivity contribution < 1.29 is 0 Å². The van der Waals surface area contributed by atoms with Gasteiger partial charge in [0.1, 0.15) is 6.33 Å². The molecule has 5 nitrogen and oxygen atoms in total. The zero-order valence-corrected chi connectivity index (χ0v) is 8.75. The first-order chi connectivity index (χ1) is 7.18. The molecule has 5 heteroatoms. The van der Waals surface area contributed by atoms with Crippen LogP contribution in [0.1, 0.15) is 25.5 Å². The average molecular weight is 203 g/mol. The van der Waals surface area contributed by atoms with Crippen molar-refractivity contribution in [2.24, 2.45) is 0 Å². The summed E-state index contributed by atoms with van der Waals surface area (Å²) in [6.07, 6.45) is 4.88. The van der Waals surface area contributed by atoms with Gasteiger partial charge in [0.05, 0.1) is 17.6 Å². The van der Waals surface area contributed by atoms with Crippen LogP contribution in [0.3, 0.4) is 0 Å². The van der Waals surface area contributed by atoms with Gasteiger partial charge in [-0.1, -0.05) is 13.8 Å². The molecule has 2 rings (SSSR count). The van der Waals surface area contributed by atoms with E-state index in [1.54, 1.807) is 10.9 Å². The summed E-state index contributed by atoms with van der Waals surface area (Å²) in [7, 11) is 0. The predicted molar refractivity (Wildman–Crippen MR) is 57.7 cm³/mol. The van der Waals surface area contributed by atoms with Gasteiger partial charge in [-0.2, -0.15) is 5.10 Å². The second-order valence-corrected chi connectivity index (χ2v) is 3.64. The molecule has 0 aliphatic heterocycles. The lowest BCUT2D eigenvalue weighted by molar-refractivity contribution is 0.757. The van der Waals surface area contributed by atoms with E-state index in [1.807, 2.05) is 12.3 Å². The first kappa shape index (κ1) is 9.64. The summed E-state index contributed by atoms with van der Waals surface area (Å²) in [5, 5.41) is 4.39. The number of nitrogens with two attached hydrogens (primary N) is 1. The van der Waals surface area contributed by atoms with Crippen LogP contribution in [-0.4, -0.2) is 19.7 Å². The lowest BCUT2D eigenvalue weighted by Gasteiger charge is -2.03. The molecule has 0 fully saturated rings. The third kappa shape index (κ3) is 1.81. The topological polar surface area (TPSA) is 69.6 Å². The van der Waals surface area contributed by atoms with Crippen molar-refractivity contribution in [3.05, 3.63) is 30.5 Å². The van der Waals surface area contributed by atoms with Gasteiger partial charge in [0.2, 0.25) is 0 Å². The number of nitrogen functional groups attached to an aromatic ring is 1. The van der Waals surface area contributed by atoms with E-state index in [-0.39, 0.29) is 0 Å². The number of hydrogen-bond acceptors (Lipinski definition) is 4. The van der Waals surface area contributed by atoms with Crippen molar-refractivity contribution in [3.8, 4) is 5.82 Å². The third-order valence-corrected chi connectivity index (χ3v) is 2.14. The molecule has 0 unspecified atom stereocenters. The molecule has 2 heterocycles. The summed E-state index contributed by atoms with van der Waals surface area (Å²) in [6, 6.07) is 1.96. The van der Waals surface area contributed by atoms with Gasteiger partial charge < -0.3 is 5.73 Å². The number of anilines is 1. The molecule has 0 aromatic carbocycles. The lowest BCUT2D eigenvalue weighted by Crippen LogP contribution is -2.04. The zero-order chi connectivity index (χ0) is 10.8. The summed E-state index contributed by atoms with van der Waals surface area (Å²) in [5.41, 5.74) is 7.30. The van der Waals surface area contributed by atoms with Crippen LogP contribution in [0.4, 0.5) is 5.69 Å². The summed E-state index contributed by atoms with van der Waals surface area (Å²) in [6.45, 7) is 4.19. The minimum Gasteiger partial charge on any atom is -0.394 e. The summed E-state index contributed by atoms with van der Waals surface area (Å²) in [4.78, 5) is 7.92. The van der Waals surface area contributed by atoms with Gasteiger partial charge in [0.15, 0.2) is 5.82 Å². The van der Waals surface area contributed by atoms with Crippen LogP contribution in [-0.2, 0) is 0 Å². The molecule has 78 valence electrons. The maximum absolute atomic E-state index is 5.75. The first-order valence-corrected chi connectivity index (χ1v) is 4.80. The van der Waals surface area contributed by atoms with E-state index in [0.29, 0.717) is 17.4 Å². The summed E-state index contributed by atoms with van der Waals surface area (Å²) >= 11 is 0. The molecule has 0 amide bonds. The Morgan fingerprint density at radius 3 is 2.80 bits per heavy atom. The van der Waals surface area contributed by atoms with Crippen molar-refractivity contribution in [2.45, 2.75) is 19.8 Å². The van der Waals surface area contributed by atoms with E-state index < -0.39 is 0 Å². The zero-order valence-electron chi connectivity index (χ0n) is 8.75. The molecule has 0 bridgehead atoms. The van der Waals surface area contributed by atoms with Gasteiger partial charge in [-0.05, 0) is 12.0 Å². The van der Waals surface area contributed by atoms with Gasteiger partial charge >= 0.3 is 0 Å². The van der Waals surface area contributed by atoms with E-state index >= 15 is 0 Å². The summed E-state index contributed by atoms with van der Waals surface area (Å²) < 4.78 is 1.67. The van der Waals surface area contributed by atoms with Crippen molar-refractivity contribution in [2.75, 3.05) is 5.73 Å². The van der Waals surface area contributed by atoms with Gasteiger partial charge in [-0.15, -0.1) is 0 Å². The third-order valence-electron chi connectivity index (χ3n) is 2.14. The number of aromatic nitrogens is 4. The minimum absolute atomic E-state index is 0.398. The highest BCUT2D eigenvalue weighted by Gasteiger charge is 2.07. The van der Waals surface area contributed by atoms with Crippen molar-refractivity contribution in [1.29, 1.82) is 0 Å². The van der Waals surface area contributed by atoms with E-state index in [2.05, 4.69) is 28.9 Å². The molecular weight excluding hydrogens is 190 g/mol. The molecule has 0 aliphatic rings. The van der Waals surface area contributed by atoms with E-state index in [0.717, 1.165) is 5.69 Å². The normalized spacial score (nSPS) is 10.9. The van der Waals surface area contributed by atoms with Crippen LogP contribution in [0.25, 0.3) is 5.82 Å².